The Morgan fingerprint density at radius 2 is 2.20 bits per heavy atom. The van der Waals surface area contributed by atoms with Crippen molar-refractivity contribution in [3.8, 4) is 10.6 Å². The largest absolute Gasteiger partial charge is 0.394 e. The van der Waals surface area contributed by atoms with Crippen LogP contribution < -0.4 is 11.3 Å². The molecule has 4 heteroatoms. The Hall–Kier alpha value is -1.55. The van der Waals surface area contributed by atoms with Gasteiger partial charge in [0.1, 0.15) is 0 Å². The summed E-state index contributed by atoms with van der Waals surface area (Å²) in [5, 5.41) is 2.00. The fraction of sp³-hybridized carbons (Fsp3) is 0.182. The van der Waals surface area contributed by atoms with Gasteiger partial charge in [-0.3, -0.25) is 4.79 Å². The molecule has 3 nitrogen and oxygen atoms in total. The lowest BCUT2D eigenvalue weighted by Gasteiger charge is -2.09. The first kappa shape index (κ1) is 9.98. The van der Waals surface area contributed by atoms with Crippen LogP contribution in [0.1, 0.15) is 6.92 Å². The van der Waals surface area contributed by atoms with Gasteiger partial charge in [0.25, 0.3) is 5.56 Å². The lowest BCUT2D eigenvalue weighted by molar-refractivity contribution is 0.739. The molecule has 0 unspecified atom stereocenters. The smallest absolute Gasteiger partial charge is 0.274 e. The van der Waals surface area contributed by atoms with Crippen LogP contribution in [0.25, 0.3) is 10.6 Å². The van der Waals surface area contributed by atoms with Crippen molar-refractivity contribution in [3.05, 3.63) is 40.0 Å². The Morgan fingerprint density at radius 3 is 2.80 bits per heavy atom. The first-order valence-electron chi connectivity index (χ1n) is 4.77. The van der Waals surface area contributed by atoms with Crippen molar-refractivity contribution in [2.75, 3.05) is 5.73 Å². The van der Waals surface area contributed by atoms with E-state index in [0.29, 0.717) is 12.2 Å². The molecular weight excluding hydrogens is 208 g/mol. The topological polar surface area (TPSA) is 48.0 Å². The molecule has 2 aromatic rings. The van der Waals surface area contributed by atoms with Gasteiger partial charge in [-0.1, -0.05) is 6.07 Å². The van der Waals surface area contributed by atoms with Crippen LogP contribution in [0.2, 0.25) is 0 Å². The predicted octanol–water partition coefficient (Wildman–Crippen LogP) is 2.18. The van der Waals surface area contributed by atoms with Crippen molar-refractivity contribution in [2.45, 2.75) is 13.5 Å². The zero-order valence-corrected chi connectivity index (χ0v) is 9.25. The molecule has 0 radical (unpaired) electrons. The number of hydrogen-bond acceptors (Lipinski definition) is 3. The van der Waals surface area contributed by atoms with Gasteiger partial charge in [-0.15, -0.1) is 11.3 Å². The third-order valence-corrected chi connectivity index (χ3v) is 3.19. The Kier molecular flexibility index (Phi) is 2.60. The summed E-state index contributed by atoms with van der Waals surface area (Å²) in [5.41, 5.74) is 6.72. The molecule has 2 rings (SSSR count). The van der Waals surface area contributed by atoms with E-state index in [0.717, 1.165) is 10.6 Å². The molecule has 2 aromatic heterocycles. The van der Waals surface area contributed by atoms with Gasteiger partial charge in [0.2, 0.25) is 0 Å². The highest BCUT2D eigenvalue weighted by Crippen LogP contribution is 2.23. The maximum absolute atomic E-state index is 11.8. The number of nitrogen functional groups attached to an aromatic ring is 1. The summed E-state index contributed by atoms with van der Waals surface area (Å²) < 4.78 is 1.70. The highest BCUT2D eigenvalue weighted by Gasteiger charge is 2.07. The summed E-state index contributed by atoms with van der Waals surface area (Å²) in [4.78, 5) is 12.9. The molecule has 0 amide bonds. The van der Waals surface area contributed by atoms with E-state index < -0.39 is 0 Å². The van der Waals surface area contributed by atoms with Crippen molar-refractivity contribution in [3.63, 3.8) is 0 Å². The first-order valence-corrected chi connectivity index (χ1v) is 5.65. The molecule has 0 aliphatic heterocycles. The zero-order valence-electron chi connectivity index (χ0n) is 8.43. The quantitative estimate of drug-likeness (QED) is 0.843. The van der Waals surface area contributed by atoms with Crippen molar-refractivity contribution in [1.82, 2.24) is 4.57 Å². The SMILES string of the molecule is CCn1c(-c2cccs2)ccc(N)c1=O. The van der Waals surface area contributed by atoms with Crippen LogP contribution in [-0.2, 0) is 6.54 Å². The van der Waals surface area contributed by atoms with E-state index in [1.165, 1.54) is 0 Å². The van der Waals surface area contributed by atoms with E-state index in [2.05, 4.69) is 0 Å². The van der Waals surface area contributed by atoms with Gasteiger partial charge < -0.3 is 10.3 Å². The molecule has 15 heavy (non-hydrogen) atoms. The van der Waals surface area contributed by atoms with Gasteiger partial charge in [0.05, 0.1) is 16.3 Å². The summed E-state index contributed by atoms with van der Waals surface area (Å²) >= 11 is 1.62. The van der Waals surface area contributed by atoms with E-state index >= 15 is 0 Å². The fourth-order valence-corrected chi connectivity index (χ4v) is 2.31. The van der Waals surface area contributed by atoms with E-state index in [9.17, 15) is 4.79 Å². The number of rotatable bonds is 2. The first-order chi connectivity index (χ1) is 7.24. The molecule has 2 heterocycles. The maximum atomic E-state index is 11.8. The average molecular weight is 220 g/mol. The van der Waals surface area contributed by atoms with Crippen LogP contribution in [0.5, 0.6) is 0 Å². The number of aromatic nitrogens is 1. The zero-order chi connectivity index (χ0) is 10.8. The Bertz CT molecular complexity index is 514. The second-order valence-corrected chi connectivity index (χ2v) is 4.15. The van der Waals surface area contributed by atoms with Gasteiger partial charge in [0.15, 0.2) is 0 Å². The predicted molar refractivity (Wildman–Crippen MR) is 64.1 cm³/mol. The average Bonchev–Trinajstić information content (AvgIpc) is 2.75. The normalized spacial score (nSPS) is 10.5. The van der Waals surface area contributed by atoms with E-state index in [4.69, 9.17) is 5.73 Å². The third kappa shape index (κ3) is 1.68. The van der Waals surface area contributed by atoms with Crippen molar-refractivity contribution >= 4 is 17.0 Å². The van der Waals surface area contributed by atoms with Gasteiger partial charge in [-0.2, -0.15) is 0 Å². The van der Waals surface area contributed by atoms with E-state index in [1.54, 1.807) is 22.0 Å². The number of hydrogen-bond donors (Lipinski definition) is 1. The van der Waals surface area contributed by atoms with E-state index in [-0.39, 0.29) is 5.56 Å². The molecule has 0 aromatic carbocycles. The van der Waals surface area contributed by atoms with Crippen LogP contribution >= 0.6 is 11.3 Å². The molecule has 0 fully saturated rings. The van der Waals surface area contributed by atoms with Crippen LogP contribution in [0.15, 0.2) is 34.4 Å². The number of pyridine rings is 1. The lowest BCUT2D eigenvalue weighted by Crippen LogP contribution is -2.23. The molecule has 78 valence electrons. The van der Waals surface area contributed by atoms with Gasteiger partial charge in [-0.25, -0.2) is 0 Å². The summed E-state index contributed by atoms with van der Waals surface area (Å²) in [6.45, 7) is 2.58. The number of thiophene rings is 1. The molecule has 0 atom stereocenters. The standard InChI is InChI=1S/C11H12N2OS/c1-2-13-9(10-4-3-7-15-10)6-5-8(12)11(13)14/h3-7H,2,12H2,1H3. The second-order valence-electron chi connectivity index (χ2n) is 3.20. The number of nitrogens with zero attached hydrogens (tertiary/aromatic N) is 1. The number of nitrogens with two attached hydrogens (primary N) is 1. The minimum atomic E-state index is -0.108. The fourth-order valence-electron chi connectivity index (χ4n) is 1.55. The lowest BCUT2D eigenvalue weighted by atomic mass is 10.2. The number of anilines is 1. The molecular formula is C11H12N2OS. The maximum Gasteiger partial charge on any atom is 0.274 e. The molecule has 0 spiro atoms. The molecule has 0 aliphatic rings. The van der Waals surface area contributed by atoms with Crippen LogP contribution in [0, 0.1) is 0 Å². The van der Waals surface area contributed by atoms with Crippen LogP contribution in [0.4, 0.5) is 5.69 Å². The van der Waals surface area contributed by atoms with E-state index in [1.807, 2.05) is 30.5 Å². The van der Waals surface area contributed by atoms with Crippen molar-refractivity contribution < 1.29 is 0 Å². The molecule has 0 saturated carbocycles. The summed E-state index contributed by atoms with van der Waals surface area (Å²) in [5.74, 6) is 0. The van der Waals surface area contributed by atoms with Crippen molar-refractivity contribution in [2.24, 2.45) is 0 Å². The summed E-state index contributed by atoms with van der Waals surface area (Å²) in [7, 11) is 0. The summed E-state index contributed by atoms with van der Waals surface area (Å²) in [6.07, 6.45) is 0. The minimum Gasteiger partial charge on any atom is -0.394 e. The highest BCUT2D eigenvalue weighted by atomic mass is 32.1. The second kappa shape index (κ2) is 3.90. The van der Waals surface area contributed by atoms with Crippen LogP contribution in [-0.4, -0.2) is 4.57 Å². The highest BCUT2D eigenvalue weighted by molar-refractivity contribution is 7.13. The van der Waals surface area contributed by atoms with Crippen LogP contribution in [0.3, 0.4) is 0 Å². The third-order valence-electron chi connectivity index (χ3n) is 2.29. The molecule has 0 saturated heterocycles. The monoisotopic (exact) mass is 220 g/mol. The molecule has 2 N–H and O–H groups in total. The Balaban J connectivity index is 2.68. The Labute approximate surface area is 91.8 Å². The van der Waals surface area contributed by atoms with Gasteiger partial charge in [0, 0.05) is 6.54 Å². The summed E-state index contributed by atoms with van der Waals surface area (Å²) in [6, 6.07) is 7.54. The minimum absolute atomic E-state index is 0.108. The van der Waals surface area contributed by atoms with Gasteiger partial charge >= 0.3 is 0 Å². The molecule has 0 aliphatic carbocycles. The van der Waals surface area contributed by atoms with Gasteiger partial charge in [-0.05, 0) is 30.5 Å². The Morgan fingerprint density at radius 1 is 1.40 bits per heavy atom. The molecule has 0 bridgehead atoms. The van der Waals surface area contributed by atoms with Crippen molar-refractivity contribution in [1.29, 1.82) is 0 Å².